The lowest BCUT2D eigenvalue weighted by Crippen LogP contribution is -2.71. The van der Waals surface area contributed by atoms with E-state index < -0.39 is 52.1 Å². The summed E-state index contributed by atoms with van der Waals surface area (Å²) in [7, 11) is 2.74. The van der Waals surface area contributed by atoms with Crippen molar-refractivity contribution >= 4 is 23.7 Å². The highest BCUT2D eigenvalue weighted by molar-refractivity contribution is 5.90. The van der Waals surface area contributed by atoms with Gasteiger partial charge in [-0.15, -0.1) is 0 Å². The number of Topliss-reactive ketones (excluding diaryl/α,β-unsaturated/α-hetero) is 1. The van der Waals surface area contributed by atoms with Gasteiger partial charge in [-0.2, -0.15) is 0 Å². The first-order valence-corrected chi connectivity index (χ1v) is 14.8. The van der Waals surface area contributed by atoms with Crippen LogP contribution in [0, 0.1) is 45.3 Å². The van der Waals surface area contributed by atoms with Crippen molar-refractivity contribution in [3.63, 3.8) is 0 Å². The second kappa shape index (κ2) is 9.40. The third-order valence-electron chi connectivity index (χ3n) is 12.0. The number of allylic oxidation sites excluding steroid dienone is 4. The summed E-state index contributed by atoms with van der Waals surface area (Å²) in [5, 5.41) is 0. The molecule has 3 saturated carbocycles. The lowest BCUT2D eigenvalue weighted by atomic mass is 9.30. The third kappa shape index (κ3) is 3.50. The minimum Gasteiger partial charge on any atom is -0.469 e. The Morgan fingerprint density at radius 3 is 2.22 bits per heavy atom. The van der Waals surface area contributed by atoms with Gasteiger partial charge in [-0.25, -0.2) is 4.79 Å². The van der Waals surface area contributed by atoms with Crippen molar-refractivity contribution in [2.75, 3.05) is 14.2 Å². The molecule has 7 rings (SSSR count). The first kappa shape index (κ1) is 27.9. The monoisotopic (exact) mass is 560 g/mol. The molecule has 2 bridgehead atoms. The van der Waals surface area contributed by atoms with Gasteiger partial charge in [-0.1, -0.05) is 55.8 Å². The maximum atomic E-state index is 13.9. The summed E-state index contributed by atoms with van der Waals surface area (Å²) in [5.41, 5.74) is -0.694. The molecular weight excluding hydrogens is 520 g/mol. The number of benzene rings is 1. The van der Waals surface area contributed by atoms with Crippen molar-refractivity contribution in [1.82, 2.24) is 0 Å². The molecule has 9 unspecified atom stereocenters. The smallest absolute Gasteiger partial charge is 0.338 e. The molecule has 2 spiro atoms. The molecule has 218 valence electrons. The van der Waals surface area contributed by atoms with Crippen molar-refractivity contribution in [1.29, 1.82) is 0 Å². The molecule has 7 nitrogen and oxygen atoms in total. The summed E-state index contributed by atoms with van der Waals surface area (Å²) in [6, 6.07) is 8.91. The molecule has 0 amide bonds. The van der Waals surface area contributed by atoms with Crippen molar-refractivity contribution in [3.8, 4) is 0 Å². The molecule has 6 aliphatic rings. The van der Waals surface area contributed by atoms with E-state index >= 15 is 0 Å². The van der Waals surface area contributed by atoms with E-state index in [4.69, 9.17) is 14.2 Å². The molecule has 6 aliphatic carbocycles. The summed E-state index contributed by atoms with van der Waals surface area (Å²) in [6.07, 6.45) is 10.2. The number of ketones is 1. The van der Waals surface area contributed by atoms with Crippen LogP contribution in [0.2, 0.25) is 0 Å². The van der Waals surface area contributed by atoms with Crippen molar-refractivity contribution in [2.24, 2.45) is 45.3 Å². The molecule has 7 heteroatoms. The topological polar surface area (TPSA) is 96.0 Å². The standard InChI is InChI=1S/C34H40O7/c1-20(35)23-11-12-24-31(23,2)15-14-25-32(3)16-13-22(41-28(36)21-9-7-6-8-10-21)19-33(32)17-18-34(24,25)27(30(38)40-5)26(33)29(37)39-4/h6-10,14,17-18,22-24,26-27H,11-13,15-16,19H2,1-5H3. The fourth-order valence-electron chi connectivity index (χ4n) is 10.3. The first-order chi connectivity index (χ1) is 19.5. The van der Waals surface area contributed by atoms with Gasteiger partial charge in [0, 0.05) is 16.7 Å². The first-order valence-electron chi connectivity index (χ1n) is 14.8. The summed E-state index contributed by atoms with van der Waals surface area (Å²) in [6.45, 7) is 6.08. The zero-order chi connectivity index (χ0) is 29.4. The maximum Gasteiger partial charge on any atom is 0.338 e. The Morgan fingerprint density at radius 2 is 1.56 bits per heavy atom. The molecule has 0 aliphatic heterocycles. The summed E-state index contributed by atoms with van der Waals surface area (Å²) < 4.78 is 17.0. The minimum absolute atomic E-state index is 0.000151. The molecule has 0 N–H and O–H groups in total. The average molecular weight is 561 g/mol. The second-order valence-electron chi connectivity index (χ2n) is 13.4. The predicted octanol–water partition coefficient (Wildman–Crippen LogP) is 5.49. The molecule has 9 atom stereocenters. The summed E-state index contributed by atoms with van der Waals surface area (Å²) in [4.78, 5) is 53.7. The van der Waals surface area contributed by atoms with Gasteiger partial charge >= 0.3 is 17.9 Å². The number of esters is 3. The number of rotatable bonds is 5. The van der Waals surface area contributed by atoms with E-state index in [0.717, 1.165) is 19.3 Å². The number of carbonyl (C=O) groups excluding carboxylic acids is 4. The highest BCUT2D eigenvalue weighted by Crippen LogP contribution is 2.80. The van der Waals surface area contributed by atoms with Crippen LogP contribution in [0.1, 0.15) is 69.7 Å². The van der Waals surface area contributed by atoms with Gasteiger partial charge in [-0.05, 0) is 74.3 Å². The molecule has 0 saturated heterocycles. The van der Waals surface area contributed by atoms with E-state index in [2.05, 4.69) is 32.1 Å². The van der Waals surface area contributed by atoms with Gasteiger partial charge < -0.3 is 14.2 Å². The number of carbonyl (C=O) groups is 4. The molecule has 0 aromatic heterocycles. The molecule has 1 aromatic carbocycles. The Labute approximate surface area is 241 Å². The van der Waals surface area contributed by atoms with Crippen LogP contribution >= 0.6 is 0 Å². The number of methoxy groups -OCH3 is 2. The number of hydrogen-bond donors (Lipinski definition) is 0. The van der Waals surface area contributed by atoms with E-state index in [0.29, 0.717) is 24.8 Å². The van der Waals surface area contributed by atoms with Gasteiger partial charge in [0.15, 0.2) is 0 Å². The fourth-order valence-corrected chi connectivity index (χ4v) is 10.3. The van der Waals surface area contributed by atoms with E-state index in [-0.39, 0.29) is 23.0 Å². The van der Waals surface area contributed by atoms with Crippen LogP contribution in [0.4, 0.5) is 0 Å². The van der Waals surface area contributed by atoms with Crippen LogP contribution in [-0.2, 0) is 28.6 Å². The van der Waals surface area contributed by atoms with Gasteiger partial charge in [0.25, 0.3) is 0 Å². The Balaban J connectivity index is 1.51. The van der Waals surface area contributed by atoms with Gasteiger partial charge in [0.05, 0.1) is 31.6 Å². The van der Waals surface area contributed by atoms with Crippen LogP contribution in [-0.4, -0.2) is 44.0 Å². The van der Waals surface area contributed by atoms with E-state index in [9.17, 15) is 19.2 Å². The van der Waals surface area contributed by atoms with Gasteiger partial charge in [0.1, 0.15) is 11.9 Å². The zero-order valence-electron chi connectivity index (χ0n) is 24.6. The van der Waals surface area contributed by atoms with Gasteiger partial charge in [0.2, 0.25) is 0 Å². The third-order valence-corrected chi connectivity index (χ3v) is 12.0. The lowest BCUT2D eigenvalue weighted by Gasteiger charge is -2.72. The lowest BCUT2D eigenvalue weighted by molar-refractivity contribution is -0.198. The fraction of sp³-hybridized carbons (Fsp3) is 0.588. The Bertz CT molecular complexity index is 1360. The van der Waals surface area contributed by atoms with Crippen LogP contribution < -0.4 is 0 Å². The second-order valence-corrected chi connectivity index (χ2v) is 13.4. The van der Waals surface area contributed by atoms with Crippen molar-refractivity contribution < 1.29 is 33.4 Å². The normalized spacial score (nSPS) is 41.8. The highest BCUT2D eigenvalue weighted by atomic mass is 16.5. The van der Waals surface area contributed by atoms with E-state index in [1.165, 1.54) is 19.8 Å². The maximum absolute atomic E-state index is 13.9. The molecule has 0 radical (unpaired) electrons. The molecule has 41 heavy (non-hydrogen) atoms. The van der Waals surface area contributed by atoms with Crippen LogP contribution in [0.25, 0.3) is 0 Å². The van der Waals surface area contributed by atoms with E-state index in [1.54, 1.807) is 31.2 Å². The number of fused-ring (bicyclic) bond motifs is 2. The SMILES string of the molecule is COC(=O)C1C(C(=O)OC)C23C=CC14C(=CCC1(C)C(C(C)=O)CCC14)C2(C)CCC(OC(=O)c1ccccc1)C3. The molecule has 1 aromatic rings. The molecular formula is C34H40O7. The highest BCUT2D eigenvalue weighted by Gasteiger charge is 2.78. The van der Waals surface area contributed by atoms with Crippen LogP contribution in [0.3, 0.4) is 0 Å². The van der Waals surface area contributed by atoms with Crippen LogP contribution in [0.15, 0.2) is 54.1 Å². The predicted molar refractivity (Wildman–Crippen MR) is 150 cm³/mol. The van der Waals surface area contributed by atoms with Crippen molar-refractivity contribution in [3.05, 3.63) is 59.7 Å². The number of ether oxygens (including phenoxy) is 3. The van der Waals surface area contributed by atoms with Crippen LogP contribution in [0.5, 0.6) is 0 Å². The Hall–Kier alpha value is -3.22. The average Bonchev–Trinajstić information content (AvgIpc) is 3.34. The molecule has 3 fully saturated rings. The Morgan fingerprint density at radius 1 is 0.878 bits per heavy atom. The van der Waals surface area contributed by atoms with Crippen molar-refractivity contribution in [2.45, 2.75) is 65.4 Å². The van der Waals surface area contributed by atoms with E-state index in [1.807, 2.05) is 6.07 Å². The summed E-state index contributed by atoms with van der Waals surface area (Å²) in [5.74, 6) is -2.81. The zero-order valence-corrected chi connectivity index (χ0v) is 24.6. The van der Waals surface area contributed by atoms with Gasteiger partial charge in [-0.3, -0.25) is 14.4 Å². The number of hydrogen-bond acceptors (Lipinski definition) is 7. The largest absolute Gasteiger partial charge is 0.469 e. The quantitative estimate of drug-likeness (QED) is 0.267. The summed E-state index contributed by atoms with van der Waals surface area (Å²) >= 11 is 0. The molecule has 0 heterocycles. The minimum atomic E-state index is -0.816. The Kier molecular flexibility index (Phi) is 6.40.